The molecule has 0 bridgehead atoms. The standard InChI is InChI=1S/C23H38O5/c1-13(2)21(24)26-18(12-20-23(7,8)28-20)16(6)17-10-9-15(5)11-19(17)27-22(25)14(3)4/h13-15,17-20H,6,9-12H2,1-5,7-8H3/t15-,17+,18-,19-,20+/m1/s1. The third kappa shape index (κ3) is 5.82. The monoisotopic (exact) mass is 394 g/mol. The summed E-state index contributed by atoms with van der Waals surface area (Å²) in [5, 5.41) is 0. The number of ether oxygens (including phenoxy) is 3. The lowest BCUT2D eigenvalue weighted by atomic mass is 9.75. The van der Waals surface area contributed by atoms with Crippen molar-refractivity contribution in [3.05, 3.63) is 12.2 Å². The van der Waals surface area contributed by atoms with Crippen LogP contribution in [0.1, 0.15) is 74.1 Å². The number of hydrogen-bond donors (Lipinski definition) is 0. The summed E-state index contributed by atoms with van der Waals surface area (Å²) in [5.74, 6) is -0.281. The van der Waals surface area contributed by atoms with E-state index < -0.39 is 6.10 Å². The summed E-state index contributed by atoms with van der Waals surface area (Å²) in [6.45, 7) is 17.9. The van der Waals surface area contributed by atoms with Crippen molar-refractivity contribution in [2.75, 3.05) is 0 Å². The maximum atomic E-state index is 12.3. The average Bonchev–Trinajstić information content (AvgIpc) is 3.19. The van der Waals surface area contributed by atoms with Crippen molar-refractivity contribution in [2.24, 2.45) is 23.7 Å². The molecule has 160 valence electrons. The van der Waals surface area contributed by atoms with Gasteiger partial charge in [-0.1, -0.05) is 41.2 Å². The van der Waals surface area contributed by atoms with E-state index in [2.05, 4.69) is 13.5 Å². The summed E-state index contributed by atoms with van der Waals surface area (Å²) in [4.78, 5) is 24.6. The zero-order chi connectivity index (χ0) is 21.2. The SMILES string of the molecule is C=C([C@@H](C[C@@H]1OC1(C)C)OC(=O)C(C)C)[C@@H]1CC[C@@H](C)C[C@H]1OC(=O)C(C)C. The third-order valence-electron chi connectivity index (χ3n) is 6.00. The quantitative estimate of drug-likeness (QED) is 0.340. The van der Waals surface area contributed by atoms with Gasteiger partial charge in [-0.3, -0.25) is 9.59 Å². The molecule has 5 heteroatoms. The van der Waals surface area contributed by atoms with Crippen LogP contribution in [0.5, 0.6) is 0 Å². The van der Waals surface area contributed by atoms with E-state index in [0.29, 0.717) is 12.3 Å². The Morgan fingerprint density at radius 2 is 1.68 bits per heavy atom. The lowest BCUT2D eigenvalue weighted by molar-refractivity contribution is -0.159. The minimum atomic E-state index is -0.416. The topological polar surface area (TPSA) is 65.1 Å². The first-order valence-corrected chi connectivity index (χ1v) is 10.7. The zero-order valence-corrected chi connectivity index (χ0v) is 18.6. The van der Waals surface area contributed by atoms with Gasteiger partial charge in [0.25, 0.3) is 0 Å². The first kappa shape index (κ1) is 22.9. The second-order valence-corrected chi connectivity index (χ2v) is 9.76. The number of rotatable bonds is 8. The Balaban J connectivity index is 2.16. The molecule has 0 spiro atoms. The predicted octanol–water partition coefficient (Wildman–Crippen LogP) is 4.68. The van der Waals surface area contributed by atoms with Crippen molar-refractivity contribution >= 4 is 11.9 Å². The summed E-state index contributed by atoms with van der Waals surface area (Å²) >= 11 is 0. The van der Waals surface area contributed by atoms with Gasteiger partial charge in [0.1, 0.15) is 12.2 Å². The average molecular weight is 395 g/mol. The van der Waals surface area contributed by atoms with Gasteiger partial charge in [-0.15, -0.1) is 0 Å². The third-order valence-corrected chi connectivity index (χ3v) is 6.00. The van der Waals surface area contributed by atoms with Gasteiger partial charge in [-0.25, -0.2) is 0 Å². The fourth-order valence-corrected chi connectivity index (χ4v) is 3.82. The maximum Gasteiger partial charge on any atom is 0.308 e. The van der Waals surface area contributed by atoms with E-state index in [1.54, 1.807) is 0 Å². The second-order valence-electron chi connectivity index (χ2n) is 9.76. The molecule has 0 amide bonds. The summed E-state index contributed by atoms with van der Waals surface area (Å²) in [7, 11) is 0. The van der Waals surface area contributed by atoms with Crippen LogP contribution in [0.4, 0.5) is 0 Å². The van der Waals surface area contributed by atoms with E-state index >= 15 is 0 Å². The van der Waals surface area contributed by atoms with E-state index in [9.17, 15) is 9.59 Å². The van der Waals surface area contributed by atoms with Crippen LogP contribution < -0.4 is 0 Å². The molecule has 1 saturated heterocycles. The van der Waals surface area contributed by atoms with Gasteiger partial charge in [0.2, 0.25) is 0 Å². The molecular weight excluding hydrogens is 356 g/mol. The van der Waals surface area contributed by atoms with E-state index in [1.165, 1.54) is 0 Å². The second kappa shape index (κ2) is 8.98. The molecule has 0 aromatic carbocycles. The first-order valence-electron chi connectivity index (χ1n) is 10.7. The van der Waals surface area contributed by atoms with Gasteiger partial charge in [-0.2, -0.15) is 0 Å². The predicted molar refractivity (Wildman–Crippen MR) is 109 cm³/mol. The lowest BCUT2D eigenvalue weighted by Gasteiger charge is -2.38. The van der Waals surface area contributed by atoms with Crippen LogP contribution in [0, 0.1) is 23.7 Å². The Labute approximate surface area is 170 Å². The van der Waals surface area contributed by atoms with E-state index in [0.717, 1.165) is 24.8 Å². The van der Waals surface area contributed by atoms with Gasteiger partial charge in [0.05, 0.1) is 23.5 Å². The van der Waals surface area contributed by atoms with Gasteiger partial charge < -0.3 is 14.2 Å². The van der Waals surface area contributed by atoms with Crippen molar-refractivity contribution in [3.8, 4) is 0 Å². The van der Waals surface area contributed by atoms with E-state index in [1.807, 2.05) is 41.5 Å². The van der Waals surface area contributed by atoms with Crippen molar-refractivity contribution in [1.82, 2.24) is 0 Å². The van der Waals surface area contributed by atoms with Gasteiger partial charge in [0.15, 0.2) is 0 Å². The van der Waals surface area contributed by atoms with Crippen molar-refractivity contribution in [2.45, 2.75) is 98.1 Å². The summed E-state index contributed by atoms with van der Waals surface area (Å²) in [6, 6.07) is 0. The highest BCUT2D eigenvalue weighted by Crippen LogP contribution is 2.43. The van der Waals surface area contributed by atoms with Crippen LogP contribution in [-0.2, 0) is 23.8 Å². The molecule has 2 fully saturated rings. The molecule has 0 N–H and O–H groups in total. The van der Waals surface area contributed by atoms with Crippen molar-refractivity contribution in [3.63, 3.8) is 0 Å². The number of epoxide rings is 1. The van der Waals surface area contributed by atoms with E-state index in [4.69, 9.17) is 14.2 Å². The van der Waals surface area contributed by atoms with Crippen LogP contribution >= 0.6 is 0 Å². The van der Waals surface area contributed by atoms with Crippen LogP contribution in [0.3, 0.4) is 0 Å². The summed E-state index contributed by atoms with van der Waals surface area (Å²) in [6.07, 6.45) is 2.78. The Morgan fingerprint density at radius 1 is 1.11 bits per heavy atom. The van der Waals surface area contributed by atoms with Crippen LogP contribution in [-0.4, -0.2) is 35.9 Å². The number of carbonyl (C=O) groups is 2. The Morgan fingerprint density at radius 3 is 2.18 bits per heavy atom. The molecule has 0 aromatic heterocycles. The largest absolute Gasteiger partial charge is 0.462 e. The van der Waals surface area contributed by atoms with Crippen molar-refractivity contribution < 1.29 is 23.8 Å². The normalized spacial score (nSPS) is 30.0. The molecule has 1 saturated carbocycles. The van der Waals surface area contributed by atoms with Crippen molar-refractivity contribution in [1.29, 1.82) is 0 Å². The molecule has 2 aliphatic rings. The fourth-order valence-electron chi connectivity index (χ4n) is 3.82. The van der Waals surface area contributed by atoms with Crippen LogP contribution in [0.15, 0.2) is 12.2 Å². The van der Waals surface area contributed by atoms with Crippen LogP contribution in [0.25, 0.3) is 0 Å². The molecule has 0 unspecified atom stereocenters. The zero-order valence-electron chi connectivity index (χ0n) is 18.6. The summed E-state index contributed by atoms with van der Waals surface area (Å²) in [5.41, 5.74) is 0.668. The Kier molecular flexibility index (Phi) is 7.35. The first-order chi connectivity index (χ1) is 12.9. The molecule has 5 atom stereocenters. The molecule has 0 radical (unpaired) electrons. The highest BCUT2D eigenvalue weighted by Gasteiger charge is 2.50. The Hall–Kier alpha value is -1.36. The van der Waals surface area contributed by atoms with E-state index in [-0.39, 0.29) is 47.5 Å². The molecule has 5 nitrogen and oxygen atoms in total. The Bertz CT molecular complexity index is 592. The maximum absolute atomic E-state index is 12.3. The smallest absolute Gasteiger partial charge is 0.308 e. The van der Waals surface area contributed by atoms with Gasteiger partial charge in [-0.05, 0) is 44.6 Å². The molecule has 1 heterocycles. The minimum Gasteiger partial charge on any atom is -0.462 e. The highest BCUT2D eigenvalue weighted by molar-refractivity contribution is 5.72. The lowest BCUT2D eigenvalue weighted by Crippen LogP contribution is -2.39. The number of hydrogen-bond acceptors (Lipinski definition) is 5. The van der Waals surface area contributed by atoms with Gasteiger partial charge >= 0.3 is 11.9 Å². The molecular formula is C23H38O5. The minimum absolute atomic E-state index is 0.00530. The number of esters is 2. The number of carbonyl (C=O) groups excluding carboxylic acids is 2. The molecule has 1 aliphatic carbocycles. The summed E-state index contributed by atoms with van der Waals surface area (Å²) < 4.78 is 17.4. The highest BCUT2D eigenvalue weighted by atomic mass is 16.6. The molecule has 1 aliphatic heterocycles. The molecule has 28 heavy (non-hydrogen) atoms. The molecule has 2 rings (SSSR count). The van der Waals surface area contributed by atoms with Crippen LogP contribution in [0.2, 0.25) is 0 Å². The molecule has 0 aromatic rings. The van der Waals surface area contributed by atoms with Gasteiger partial charge in [0, 0.05) is 12.3 Å². The fraction of sp³-hybridized carbons (Fsp3) is 0.826.